The topological polar surface area (TPSA) is 151 Å². The number of ether oxygens (including phenoxy) is 3. The summed E-state index contributed by atoms with van der Waals surface area (Å²) in [5.74, 6) is 0.737. The number of amides is 1. The van der Waals surface area contributed by atoms with Gasteiger partial charge in [-0.15, -0.1) is 0 Å². The first-order valence-corrected chi connectivity index (χ1v) is 16.8. The van der Waals surface area contributed by atoms with Gasteiger partial charge in [0.15, 0.2) is 5.54 Å². The molecule has 0 spiro atoms. The van der Waals surface area contributed by atoms with Crippen LogP contribution in [0.4, 0.5) is 10.5 Å². The first-order valence-electron chi connectivity index (χ1n) is 16.0. The molecule has 50 heavy (non-hydrogen) atoms. The molecule has 11 nitrogen and oxygen atoms in total. The van der Waals surface area contributed by atoms with Crippen molar-refractivity contribution in [3.63, 3.8) is 0 Å². The number of H-pyrrole nitrogens is 1. The number of rotatable bonds is 10. The van der Waals surface area contributed by atoms with E-state index in [4.69, 9.17) is 14.2 Å². The molecule has 0 radical (unpaired) electrons. The number of aromatic amines is 1. The second-order valence-electron chi connectivity index (χ2n) is 14.0. The van der Waals surface area contributed by atoms with Gasteiger partial charge in [-0.2, -0.15) is 0 Å². The van der Waals surface area contributed by atoms with Gasteiger partial charge in [-0.25, -0.2) is 4.79 Å². The van der Waals surface area contributed by atoms with Crippen LogP contribution in [-0.4, -0.2) is 52.5 Å². The molecule has 1 atom stereocenters. The molecule has 0 bridgehead atoms. The minimum Gasteiger partial charge on any atom is -0.508 e. The van der Waals surface area contributed by atoms with Crippen LogP contribution >= 0.6 is 11.3 Å². The lowest BCUT2D eigenvalue weighted by Gasteiger charge is -2.28. The number of nitrogens with zero attached hydrogens (tertiary/aromatic N) is 2. The van der Waals surface area contributed by atoms with Crippen molar-refractivity contribution in [1.82, 2.24) is 4.98 Å². The maximum absolute atomic E-state index is 14.1. The van der Waals surface area contributed by atoms with E-state index in [9.17, 15) is 24.6 Å². The number of carbonyl (C=O) groups excluding carboxylic acids is 2. The number of thiazole rings is 1. The normalized spacial score (nSPS) is 15.6. The number of ketones is 1. The highest BCUT2D eigenvalue weighted by molar-refractivity contribution is 7.09. The van der Waals surface area contributed by atoms with Gasteiger partial charge in [0, 0.05) is 36.9 Å². The second-order valence-corrected chi connectivity index (χ2v) is 15.0. The van der Waals surface area contributed by atoms with Crippen molar-refractivity contribution in [2.24, 2.45) is 4.99 Å². The predicted molar refractivity (Wildman–Crippen MR) is 194 cm³/mol. The van der Waals surface area contributed by atoms with Crippen molar-refractivity contribution in [2.75, 3.05) is 18.6 Å². The fraction of sp³-hybridized carbons (Fsp3) is 0.316. The van der Waals surface area contributed by atoms with Crippen LogP contribution in [0.3, 0.4) is 0 Å². The van der Waals surface area contributed by atoms with E-state index < -0.39 is 17.2 Å². The number of carbonyl (C=O) groups is 2. The number of phenolic OH excluding ortho intramolecular Hbond substituents is 1. The molecule has 3 N–H and O–H groups in total. The van der Waals surface area contributed by atoms with Crippen LogP contribution in [0.1, 0.15) is 63.1 Å². The van der Waals surface area contributed by atoms with Crippen molar-refractivity contribution in [2.45, 2.75) is 64.5 Å². The Morgan fingerprint density at radius 2 is 1.66 bits per heavy atom. The van der Waals surface area contributed by atoms with Crippen LogP contribution in [0.15, 0.2) is 82.6 Å². The summed E-state index contributed by atoms with van der Waals surface area (Å²) in [4.78, 5) is 47.1. The molecular formula is C38H41N3O8S. The average Bonchev–Trinajstić information content (AvgIpc) is 3.66. The summed E-state index contributed by atoms with van der Waals surface area (Å²) in [6, 6.07) is 17.0. The van der Waals surface area contributed by atoms with E-state index in [2.05, 4.69) is 9.98 Å². The molecule has 0 fully saturated rings. The number of hydrogen-bond donors (Lipinski definition) is 3. The van der Waals surface area contributed by atoms with Gasteiger partial charge in [-0.1, -0.05) is 44.2 Å². The molecule has 1 unspecified atom stereocenters. The number of phenols is 1. The van der Waals surface area contributed by atoms with Crippen LogP contribution in [0.5, 0.6) is 28.9 Å². The fourth-order valence-electron chi connectivity index (χ4n) is 5.34. The Labute approximate surface area is 294 Å². The van der Waals surface area contributed by atoms with E-state index >= 15 is 0 Å². The Morgan fingerprint density at radius 1 is 0.960 bits per heavy atom. The van der Waals surface area contributed by atoms with Crippen LogP contribution in [-0.2, 0) is 26.9 Å². The van der Waals surface area contributed by atoms with Crippen molar-refractivity contribution in [3.05, 3.63) is 104 Å². The highest BCUT2D eigenvalue weighted by Gasteiger charge is 2.42. The van der Waals surface area contributed by atoms with Crippen LogP contribution in [0.2, 0.25) is 0 Å². The summed E-state index contributed by atoms with van der Waals surface area (Å²) in [5.41, 5.74) is -0.208. The molecule has 0 saturated heterocycles. The third-order valence-electron chi connectivity index (χ3n) is 7.92. The quantitative estimate of drug-likeness (QED) is 0.155. The molecule has 1 aliphatic rings. The van der Waals surface area contributed by atoms with E-state index in [1.807, 2.05) is 20.8 Å². The van der Waals surface area contributed by atoms with E-state index in [1.54, 1.807) is 107 Å². The molecule has 5 rings (SSSR count). The minimum absolute atomic E-state index is 0.128. The smallest absolute Gasteiger partial charge is 0.414 e. The van der Waals surface area contributed by atoms with E-state index in [1.165, 1.54) is 4.90 Å². The zero-order chi connectivity index (χ0) is 36.4. The SMILES string of the molecule is CN(C(=O)OC(C)(C)C)c1ccc(C2(C(=O)COc3ccc(Cc4sc(=O)[nH]c4O)cc3)C=CC=N2)c(Oc2ccc(O)c(C(C)(C)C)c2)c1. The Balaban J connectivity index is 1.45. The maximum atomic E-state index is 14.1. The van der Waals surface area contributed by atoms with Gasteiger partial charge in [0.25, 0.3) is 0 Å². The number of aromatic hydroxyl groups is 2. The monoisotopic (exact) mass is 699 g/mol. The summed E-state index contributed by atoms with van der Waals surface area (Å²) in [6.07, 6.45) is 4.69. The third kappa shape index (κ3) is 8.08. The van der Waals surface area contributed by atoms with Gasteiger partial charge >= 0.3 is 11.0 Å². The highest BCUT2D eigenvalue weighted by atomic mass is 32.1. The molecule has 1 aliphatic heterocycles. The summed E-state index contributed by atoms with van der Waals surface area (Å²) in [7, 11) is 1.58. The molecule has 1 amide bonds. The Bertz CT molecular complexity index is 2000. The van der Waals surface area contributed by atoms with E-state index in [0.717, 1.165) is 16.9 Å². The van der Waals surface area contributed by atoms with Gasteiger partial charge < -0.3 is 24.4 Å². The molecule has 1 aromatic heterocycles. The first kappa shape index (κ1) is 35.9. The number of anilines is 1. The second kappa shape index (κ2) is 13.9. The third-order valence-corrected chi connectivity index (χ3v) is 8.79. The van der Waals surface area contributed by atoms with Gasteiger partial charge in [0.05, 0.1) is 10.6 Å². The lowest BCUT2D eigenvalue weighted by atomic mass is 9.85. The Hall–Kier alpha value is -5.36. The standard InChI is InChI=1S/C38H41N3O8S/c1-36(2,3)28-21-26(14-16-29(28)42)48-30-20-24(41(7)35(46)49-37(4,5)6)11-15-27(30)38(17-8-18-39-38)32(43)22-47-25-12-9-23(10-13-25)19-31-33(44)40-34(45)50-31/h8-18,20-21,42,44H,19,22H2,1-7H3,(H,40,45). The first-order chi connectivity index (χ1) is 23.4. The van der Waals surface area contributed by atoms with Crippen molar-refractivity contribution in [3.8, 4) is 28.9 Å². The molecular weight excluding hydrogens is 658 g/mol. The molecule has 2 heterocycles. The summed E-state index contributed by atoms with van der Waals surface area (Å²) in [5, 5.41) is 20.5. The Kier molecular flexibility index (Phi) is 9.97. The lowest BCUT2D eigenvalue weighted by Crippen LogP contribution is -2.36. The largest absolute Gasteiger partial charge is 0.508 e. The molecule has 0 saturated carbocycles. The molecule has 0 aliphatic carbocycles. The number of Topliss-reactive ketones (excluding diaryl/α,β-unsaturated/α-hetero) is 1. The van der Waals surface area contributed by atoms with Crippen molar-refractivity contribution in [1.29, 1.82) is 0 Å². The maximum Gasteiger partial charge on any atom is 0.414 e. The fourth-order valence-corrected chi connectivity index (χ4v) is 6.10. The number of benzene rings is 3. The van der Waals surface area contributed by atoms with Crippen LogP contribution in [0.25, 0.3) is 0 Å². The molecule has 4 aromatic rings. The number of aromatic nitrogens is 1. The van der Waals surface area contributed by atoms with Gasteiger partial charge in [-0.05, 0) is 86.4 Å². The molecule has 262 valence electrons. The van der Waals surface area contributed by atoms with Gasteiger partial charge in [0.1, 0.15) is 35.2 Å². The summed E-state index contributed by atoms with van der Waals surface area (Å²) in [6.45, 7) is 10.9. The van der Waals surface area contributed by atoms with Crippen LogP contribution in [0, 0.1) is 0 Å². The predicted octanol–water partition coefficient (Wildman–Crippen LogP) is 7.38. The zero-order valence-corrected chi connectivity index (χ0v) is 29.9. The minimum atomic E-state index is -1.49. The average molecular weight is 700 g/mol. The Morgan fingerprint density at radius 3 is 2.26 bits per heavy atom. The van der Waals surface area contributed by atoms with Gasteiger partial charge in [-0.3, -0.25) is 24.5 Å². The number of hydrogen-bond acceptors (Lipinski definition) is 10. The van der Waals surface area contributed by atoms with E-state index in [-0.39, 0.29) is 40.1 Å². The molecule has 12 heteroatoms. The lowest BCUT2D eigenvalue weighted by molar-refractivity contribution is -0.124. The van der Waals surface area contributed by atoms with E-state index in [0.29, 0.717) is 39.6 Å². The summed E-state index contributed by atoms with van der Waals surface area (Å²) >= 11 is 0.945. The number of aliphatic imine (C=N–C) groups is 1. The van der Waals surface area contributed by atoms with Crippen molar-refractivity contribution < 1.29 is 34.0 Å². The highest BCUT2D eigenvalue weighted by Crippen LogP contribution is 2.43. The van der Waals surface area contributed by atoms with Crippen molar-refractivity contribution >= 4 is 35.1 Å². The number of allylic oxidation sites excluding steroid dienone is 1. The van der Waals surface area contributed by atoms with Crippen LogP contribution < -0.4 is 19.2 Å². The summed E-state index contributed by atoms with van der Waals surface area (Å²) < 4.78 is 18.0. The number of nitrogens with one attached hydrogen (secondary N) is 1. The molecule has 3 aromatic carbocycles. The zero-order valence-electron chi connectivity index (χ0n) is 29.1. The van der Waals surface area contributed by atoms with Gasteiger partial charge in [0.2, 0.25) is 11.7 Å².